The summed E-state index contributed by atoms with van der Waals surface area (Å²) >= 11 is 0. The number of ether oxygens (including phenoxy) is 3. The van der Waals surface area contributed by atoms with E-state index in [0.29, 0.717) is 40.8 Å². The van der Waals surface area contributed by atoms with E-state index in [1.165, 1.54) is 25.2 Å². The number of nitrogens with zero attached hydrogens (tertiary/aromatic N) is 3. The fraction of sp³-hybridized carbons (Fsp3) is 0.441. The van der Waals surface area contributed by atoms with Gasteiger partial charge in [0.05, 0.1) is 44.0 Å². The highest BCUT2D eigenvalue weighted by atomic mass is 19.4. The number of esters is 1. The Kier molecular flexibility index (Phi) is 8.32. The third-order valence-corrected chi connectivity index (χ3v) is 9.33. The topological polar surface area (TPSA) is 81.2 Å². The number of aryl methyl sites for hydroxylation is 1. The largest absolute Gasteiger partial charge is 0.496 e. The predicted molar refractivity (Wildman–Crippen MR) is 161 cm³/mol. The highest BCUT2D eigenvalue weighted by Gasteiger charge is 2.42. The fourth-order valence-electron chi connectivity index (χ4n) is 6.53. The third-order valence-electron chi connectivity index (χ3n) is 9.33. The number of anilines is 1. The molecule has 12 heteroatoms. The van der Waals surface area contributed by atoms with Crippen molar-refractivity contribution in [2.75, 3.05) is 32.2 Å². The Labute approximate surface area is 264 Å². The van der Waals surface area contributed by atoms with Crippen LogP contribution in [0.15, 0.2) is 42.5 Å². The van der Waals surface area contributed by atoms with Crippen molar-refractivity contribution < 1.29 is 41.4 Å². The average Bonchev–Trinajstić information content (AvgIpc) is 3.24. The number of aromatic nitrogens is 1. The second-order valence-electron chi connectivity index (χ2n) is 12.3. The maximum Gasteiger partial charge on any atom is 0.416 e. The van der Waals surface area contributed by atoms with E-state index in [-0.39, 0.29) is 35.7 Å². The molecule has 2 aliphatic heterocycles. The van der Waals surface area contributed by atoms with Gasteiger partial charge in [-0.2, -0.15) is 13.2 Å². The molecule has 0 spiro atoms. The first kappa shape index (κ1) is 31.6. The van der Waals surface area contributed by atoms with E-state index in [9.17, 15) is 22.8 Å². The average molecular weight is 642 g/mol. The molecule has 1 amide bonds. The molecule has 3 fully saturated rings. The van der Waals surface area contributed by atoms with Crippen LogP contribution in [0.2, 0.25) is 0 Å². The number of halogens is 4. The number of carbonyl (C=O) groups excluding carboxylic acids is 2. The third kappa shape index (κ3) is 5.85. The first-order chi connectivity index (χ1) is 21.9. The summed E-state index contributed by atoms with van der Waals surface area (Å²) in [6, 6.07) is 9.84. The number of pyridine rings is 1. The lowest BCUT2D eigenvalue weighted by Crippen LogP contribution is -2.38. The second-order valence-corrected chi connectivity index (χ2v) is 12.3. The van der Waals surface area contributed by atoms with Crippen LogP contribution in [0.1, 0.15) is 66.2 Å². The van der Waals surface area contributed by atoms with Crippen LogP contribution in [0, 0.1) is 18.7 Å². The van der Waals surface area contributed by atoms with Crippen LogP contribution in [-0.2, 0) is 27.0 Å². The smallest absolute Gasteiger partial charge is 0.416 e. The van der Waals surface area contributed by atoms with Gasteiger partial charge < -0.3 is 19.1 Å². The van der Waals surface area contributed by atoms with E-state index >= 15 is 4.39 Å². The summed E-state index contributed by atoms with van der Waals surface area (Å²) in [6.07, 6.45) is -4.21. The first-order valence-electron chi connectivity index (χ1n) is 15.2. The molecule has 8 nitrogen and oxygen atoms in total. The molecule has 3 heterocycles. The normalized spacial score (nSPS) is 22.7. The van der Waals surface area contributed by atoms with Gasteiger partial charge in [0.25, 0.3) is 0 Å². The SMILES string of the molecule is COc1cc(F)c([C@H]2C[C@@H](C(=O)OC)C2)cc1-c1ccc(N2CCC2)nc1CN1C(=O)O[C@H](c2cc(C)cc(C(F)(F)F)c2)[C@@H]1C. The standard InChI is InChI=1S/C34H35F4N3O5/c1-18-10-21(14-23(11-18)34(36,37)38)31-19(2)41(33(43)46-31)17-28-24(6-7-30(39-28)40-8-5-9-40)26-15-25(27(35)16-29(26)44-3)20-12-22(13-20)32(42)45-4/h6-7,10-11,14-16,19-20,22,31H,5,8-9,12-13,17H2,1-4H3/t19-,20-,22+,31-/m0/s1. The van der Waals surface area contributed by atoms with Gasteiger partial charge in [-0.15, -0.1) is 0 Å². The summed E-state index contributed by atoms with van der Waals surface area (Å²) < 4.78 is 72.2. The molecular formula is C34H35F4N3O5. The molecule has 0 radical (unpaired) electrons. The van der Waals surface area contributed by atoms with Gasteiger partial charge in [0.1, 0.15) is 23.5 Å². The summed E-state index contributed by atoms with van der Waals surface area (Å²) in [6.45, 7) is 4.96. The molecule has 2 saturated heterocycles. The van der Waals surface area contributed by atoms with Crippen LogP contribution in [-0.4, -0.2) is 55.3 Å². The second kappa shape index (κ2) is 12.1. The number of methoxy groups -OCH3 is 2. The van der Waals surface area contributed by atoms with Gasteiger partial charge >= 0.3 is 18.2 Å². The molecule has 3 aliphatic rings. The molecule has 2 atom stereocenters. The summed E-state index contributed by atoms with van der Waals surface area (Å²) in [5.41, 5.74) is 2.00. The van der Waals surface area contributed by atoms with Crippen molar-refractivity contribution in [3.05, 3.63) is 76.2 Å². The summed E-state index contributed by atoms with van der Waals surface area (Å²) in [5.74, 6) is -0.240. The van der Waals surface area contributed by atoms with Crippen molar-refractivity contribution in [3.8, 4) is 16.9 Å². The van der Waals surface area contributed by atoms with Crippen LogP contribution in [0.25, 0.3) is 11.1 Å². The van der Waals surface area contributed by atoms with Gasteiger partial charge in [-0.05, 0) is 80.5 Å². The Hall–Kier alpha value is -4.35. The number of rotatable bonds is 8. The summed E-state index contributed by atoms with van der Waals surface area (Å²) in [4.78, 5) is 33.7. The molecule has 0 N–H and O–H groups in total. The predicted octanol–water partition coefficient (Wildman–Crippen LogP) is 7.18. The molecule has 0 bridgehead atoms. The molecule has 3 aromatic rings. The quantitative estimate of drug-likeness (QED) is 0.190. The lowest BCUT2D eigenvalue weighted by molar-refractivity contribution is -0.149. The number of hydrogen-bond donors (Lipinski definition) is 0. The minimum absolute atomic E-state index is 0.00480. The van der Waals surface area contributed by atoms with E-state index in [2.05, 4.69) is 4.90 Å². The Morgan fingerprint density at radius 2 is 1.80 bits per heavy atom. The molecule has 46 heavy (non-hydrogen) atoms. The molecule has 6 rings (SSSR count). The highest BCUT2D eigenvalue weighted by molar-refractivity contribution is 5.77. The number of hydrogen-bond acceptors (Lipinski definition) is 7. The van der Waals surface area contributed by atoms with Crippen LogP contribution >= 0.6 is 0 Å². The van der Waals surface area contributed by atoms with Crippen LogP contribution in [0.4, 0.5) is 28.2 Å². The molecule has 0 unspecified atom stereocenters. The zero-order valence-electron chi connectivity index (χ0n) is 26.0. The number of amides is 1. The minimum atomic E-state index is -4.55. The lowest BCUT2D eigenvalue weighted by atomic mass is 9.71. The Morgan fingerprint density at radius 1 is 1.07 bits per heavy atom. The Bertz CT molecular complexity index is 1670. The van der Waals surface area contributed by atoms with Gasteiger partial charge in [0.2, 0.25) is 0 Å². The highest BCUT2D eigenvalue weighted by Crippen LogP contribution is 2.46. The lowest BCUT2D eigenvalue weighted by Gasteiger charge is -2.34. The fourth-order valence-corrected chi connectivity index (χ4v) is 6.53. The summed E-state index contributed by atoms with van der Waals surface area (Å²) in [5, 5.41) is 0. The van der Waals surface area contributed by atoms with Crippen molar-refractivity contribution in [1.29, 1.82) is 0 Å². The van der Waals surface area contributed by atoms with Crippen LogP contribution in [0.5, 0.6) is 5.75 Å². The van der Waals surface area contributed by atoms with Gasteiger partial charge in [0, 0.05) is 30.3 Å². The maximum absolute atomic E-state index is 15.3. The van der Waals surface area contributed by atoms with Crippen molar-refractivity contribution >= 4 is 17.9 Å². The van der Waals surface area contributed by atoms with E-state index in [4.69, 9.17) is 19.2 Å². The Morgan fingerprint density at radius 3 is 2.43 bits per heavy atom. The van der Waals surface area contributed by atoms with E-state index in [0.717, 1.165) is 37.5 Å². The van der Waals surface area contributed by atoms with Gasteiger partial charge in [-0.3, -0.25) is 9.69 Å². The zero-order chi connectivity index (χ0) is 32.9. The van der Waals surface area contributed by atoms with E-state index < -0.39 is 35.8 Å². The number of cyclic esters (lactones) is 1. The molecule has 1 aromatic heterocycles. The Balaban J connectivity index is 1.36. The number of alkyl halides is 3. The summed E-state index contributed by atoms with van der Waals surface area (Å²) in [7, 11) is 2.78. The minimum Gasteiger partial charge on any atom is -0.496 e. The first-order valence-corrected chi connectivity index (χ1v) is 15.2. The van der Waals surface area contributed by atoms with Gasteiger partial charge in [-0.25, -0.2) is 14.2 Å². The van der Waals surface area contributed by atoms with E-state index in [1.54, 1.807) is 26.0 Å². The van der Waals surface area contributed by atoms with Crippen LogP contribution < -0.4 is 9.64 Å². The van der Waals surface area contributed by atoms with E-state index in [1.807, 2.05) is 12.1 Å². The molecule has 2 aromatic carbocycles. The molecule has 1 saturated carbocycles. The van der Waals surface area contributed by atoms with Crippen molar-refractivity contribution in [1.82, 2.24) is 9.88 Å². The molecular weight excluding hydrogens is 606 g/mol. The van der Waals surface area contributed by atoms with Gasteiger partial charge in [-0.1, -0.05) is 11.6 Å². The number of benzene rings is 2. The zero-order valence-corrected chi connectivity index (χ0v) is 26.0. The molecule has 244 valence electrons. The van der Waals surface area contributed by atoms with Gasteiger partial charge in [0.15, 0.2) is 0 Å². The van der Waals surface area contributed by atoms with Crippen molar-refractivity contribution in [2.24, 2.45) is 5.92 Å². The van der Waals surface area contributed by atoms with Crippen molar-refractivity contribution in [2.45, 2.75) is 63.9 Å². The number of carbonyl (C=O) groups is 2. The maximum atomic E-state index is 15.3. The van der Waals surface area contributed by atoms with Crippen molar-refractivity contribution in [3.63, 3.8) is 0 Å². The molecule has 1 aliphatic carbocycles. The monoisotopic (exact) mass is 641 g/mol. The van der Waals surface area contributed by atoms with Crippen LogP contribution in [0.3, 0.4) is 0 Å².